The van der Waals surface area contributed by atoms with Crippen LogP contribution in [0.3, 0.4) is 0 Å². The molecule has 0 aliphatic carbocycles. The molecule has 1 heterocycles. The molecular weight excluding hydrogens is 414 g/mol. The van der Waals surface area contributed by atoms with Crippen LogP contribution in [0.2, 0.25) is 10.0 Å². The van der Waals surface area contributed by atoms with Crippen LogP contribution in [0.15, 0.2) is 30.3 Å². The monoisotopic (exact) mass is 436 g/mol. The van der Waals surface area contributed by atoms with Crippen LogP contribution < -0.4 is 10.6 Å². The number of benzene rings is 2. The summed E-state index contributed by atoms with van der Waals surface area (Å²) in [4.78, 5) is 16.9. The number of aromatic nitrogens is 2. The van der Waals surface area contributed by atoms with Crippen molar-refractivity contribution in [2.75, 3.05) is 11.9 Å². The topological polar surface area (TPSA) is 59.0 Å². The third kappa shape index (κ3) is 4.82. The fourth-order valence-corrected chi connectivity index (χ4v) is 3.53. The van der Waals surface area contributed by atoms with Gasteiger partial charge >= 0.3 is 0 Å². The van der Waals surface area contributed by atoms with E-state index in [0.717, 1.165) is 12.8 Å². The van der Waals surface area contributed by atoms with Gasteiger partial charge in [0.1, 0.15) is 5.82 Å². The molecule has 0 atom stereocenters. The molecule has 0 unspecified atom stereocenters. The number of aryl methyl sites for hydroxylation is 1. The second kappa shape index (κ2) is 9.01. The molecule has 0 radical (unpaired) electrons. The highest BCUT2D eigenvalue weighted by atomic mass is 35.5. The molecule has 0 fully saturated rings. The molecule has 0 aliphatic rings. The highest BCUT2D eigenvalue weighted by Crippen LogP contribution is 2.33. The Balaban J connectivity index is 1.85. The van der Waals surface area contributed by atoms with Gasteiger partial charge in [0, 0.05) is 19.7 Å². The molecule has 2 aromatic carbocycles. The molecule has 0 bridgehead atoms. The largest absolute Gasteiger partial charge is 0.352 e. The van der Waals surface area contributed by atoms with Gasteiger partial charge < -0.3 is 15.2 Å². The number of nitrogens with one attached hydrogen (secondary N) is 2. The molecule has 8 heteroatoms. The van der Waals surface area contributed by atoms with Gasteiger partial charge in [0.05, 0.1) is 32.3 Å². The molecule has 3 aromatic rings. The van der Waals surface area contributed by atoms with E-state index in [4.69, 9.17) is 23.2 Å². The number of carbonyl (C=O) groups is 1. The van der Waals surface area contributed by atoms with Crippen LogP contribution >= 0.6 is 23.2 Å². The Morgan fingerprint density at radius 3 is 2.59 bits per heavy atom. The van der Waals surface area contributed by atoms with Crippen molar-refractivity contribution in [1.82, 2.24) is 14.9 Å². The molecule has 0 saturated carbocycles. The molecular formula is C21H23Cl2FN4O. The number of imidazole rings is 1. The molecule has 2 N–H and O–H groups in total. The first kappa shape index (κ1) is 21.4. The van der Waals surface area contributed by atoms with Crippen molar-refractivity contribution in [3.05, 3.63) is 51.8 Å². The number of nitrogens with zero attached hydrogens (tertiary/aromatic N) is 2. The highest BCUT2D eigenvalue weighted by molar-refractivity contribution is 6.39. The lowest BCUT2D eigenvalue weighted by Crippen LogP contribution is -2.25. The molecule has 29 heavy (non-hydrogen) atoms. The van der Waals surface area contributed by atoms with Gasteiger partial charge in [-0.15, -0.1) is 0 Å². The Hall–Kier alpha value is -2.31. The Morgan fingerprint density at radius 1 is 1.24 bits per heavy atom. The van der Waals surface area contributed by atoms with Crippen LogP contribution in [0.5, 0.6) is 0 Å². The molecule has 1 aromatic heterocycles. The van der Waals surface area contributed by atoms with Crippen molar-refractivity contribution < 1.29 is 9.18 Å². The molecule has 5 nitrogen and oxygen atoms in total. The maximum atomic E-state index is 14.6. The van der Waals surface area contributed by atoms with Crippen molar-refractivity contribution in [1.29, 1.82) is 0 Å². The summed E-state index contributed by atoms with van der Waals surface area (Å²) in [6.45, 7) is 4.75. The predicted octanol–water partition coefficient (Wildman–Crippen LogP) is 5.93. The van der Waals surface area contributed by atoms with Crippen LogP contribution in [0.1, 0.15) is 37.0 Å². The number of hydrogen-bond donors (Lipinski definition) is 2. The van der Waals surface area contributed by atoms with E-state index in [1.807, 2.05) is 0 Å². The molecule has 0 spiro atoms. The Labute approximate surface area is 179 Å². The van der Waals surface area contributed by atoms with E-state index in [0.29, 0.717) is 45.2 Å². The average molecular weight is 437 g/mol. The van der Waals surface area contributed by atoms with E-state index in [2.05, 4.69) is 29.5 Å². The number of fused-ring (bicyclic) bond motifs is 1. The van der Waals surface area contributed by atoms with Gasteiger partial charge in [-0.05, 0) is 37.0 Å². The number of carbonyl (C=O) groups excluding carboxylic acids is 1. The molecule has 1 amide bonds. The van der Waals surface area contributed by atoms with Crippen LogP contribution in [-0.4, -0.2) is 22.0 Å². The lowest BCUT2D eigenvalue weighted by molar-refractivity contribution is 0.0948. The molecule has 0 aliphatic heterocycles. The number of halogens is 3. The fourth-order valence-electron chi connectivity index (χ4n) is 3.04. The zero-order valence-corrected chi connectivity index (χ0v) is 18.0. The average Bonchev–Trinajstić information content (AvgIpc) is 2.96. The Kier molecular flexibility index (Phi) is 6.65. The first-order valence-corrected chi connectivity index (χ1v) is 10.2. The van der Waals surface area contributed by atoms with Crippen LogP contribution in [0.4, 0.5) is 16.0 Å². The van der Waals surface area contributed by atoms with Crippen LogP contribution in [-0.2, 0) is 7.05 Å². The van der Waals surface area contributed by atoms with Crippen molar-refractivity contribution in [2.45, 2.75) is 26.7 Å². The minimum atomic E-state index is -0.593. The van der Waals surface area contributed by atoms with Gasteiger partial charge in [-0.1, -0.05) is 43.1 Å². The molecule has 154 valence electrons. The van der Waals surface area contributed by atoms with E-state index in [1.165, 1.54) is 12.1 Å². The minimum Gasteiger partial charge on any atom is -0.352 e. The SMILES string of the molecule is CC(C)CCCNC(=O)c1cc2nc(Nc3c(Cl)cccc3Cl)n(C)c2cc1F. The van der Waals surface area contributed by atoms with E-state index in [-0.39, 0.29) is 5.56 Å². The number of hydrogen-bond acceptors (Lipinski definition) is 3. The maximum absolute atomic E-state index is 14.6. The van der Waals surface area contributed by atoms with E-state index >= 15 is 0 Å². The standard InChI is InChI=1S/C21H23Cl2FN4O/c1-12(2)6-5-9-25-20(29)13-10-17-18(11-16(13)24)28(3)21(26-17)27-19-14(22)7-4-8-15(19)23/h4,7-8,10-12H,5-6,9H2,1-3H3,(H,25,29)(H,26,27). The second-order valence-electron chi connectivity index (χ2n) is 7.33. The summed E-state index contributed by atoms with van der Waals surface area (Å²) in [6.07, 6.45) is 1.85. The smallest absolute Gasteiger partial charge is 0.254 e. The molecule has 0 saturated heterocycles. The lowest BCUT2D eigenvalue weighted by atomic mass is 10.1. The van der Waals surface area contributed by atoms with Gasteiger partial charge in [0.15, 0.2) is 0 Å². The van der Waals surface area contributed by atoms with Crippen LogP contribution in [0.25, 0.3) is 11.0 Å². The van der Waals surface area contributed by atoms with E-state index in [9.17, 15) is 9.18 Å². The quantitative estimate of drug-likeness (QED) is 0.451. The van der Waals surface area contributed by atoms with Crippen LogP contribution in [0, 0.1) is 11.7 Å². The highest BCUT2D eigenvalue weighted by Gasteiger charge is 2.18. The van der Waals surface area contributed by atoms with Gasteiger partial charge in [0.25, 0.3) is 5.91 Å². The summed E-state index contributed by atoms with van der Waals surface area (Å²) in [5.41, 5.74) is 1.52. The number of para-hydroxylation sites is 1. The summed E-state index contributed by atoms with van der Waals surface area (Å²) in [5, 5.41) is 6.74. The van der Waals surface area contributed by atoms with Crippen molar-refractivity contribution in [2.24, 2.45) is 13.0 Å². The third-order valence-electron chi connectivity index (χ3n) is 4.66. The first-order valence-electron chi connectivity index (χ1n) is 9.43. The summed E-state index contributed by atoms with van der Waals surface area (Å²) in [7, 11) is 1.74. The van der Waals surface area contributed by atoms with Gasteiger partial charge in [-0.3, -0.25) is 4.79 Å². The van der Waals surface area contributed by atoms with E-state index in [1.54, 1.807) is 29.8 Å². The number of anilines is 2. The van der Waals surface area contributed by atoms with Gasteiger partial charge in [0.2, 0.25) is 5.95 Å². The Bertz CT molecular complexity index is 1030. The summed E-state index contributed by atoms with van der Waals surface area (Å²) >= 11 is 12.4. The number of amides is 1. The zero-order valence-electron chi connectivity index (χ0n) is 16.5. The van der Waals surface area contributed by atoms with Crippen molar-refractivity contribution in [3.8, 4) is 0 Å². The summed E-state index contributed by atoms with van der Waals surface area (Å²) < 4.78 is 16.3. The maximum Gasteiger partial charge on any atom is 0.254 e. The fraction of sp³-hybridized carbons (Fsp3) is 0.333. The third-order valence-corrected chi connectivity index (χ3v) is 5.29. The second-order valence-corrected chi connectivity index (χ2v) is 8.14. The predicted molar refractivity (Wildman–Crippen MR) is 117 cm³/mol. The van der Waals surface area contributed by atoms with Crippen molar-refractivity contribution in [3.63, 3.8) is 0 Å². The first-order chi connectivity index (χ1) is 13.8. The van der Waals surface area contributed by atoms with Gasteiger partial charge in [-0.2, -0.15) is 0 Å². The zero-order chi connectivity index (χ0) is 21.1. The summed E-state index contributed by atoms with van der Waals surface area (Å²) in [5.74, 6) is -0.0402. The van der Waals surface area contributed by atoms with Gasteiger partial charge in [-0.25, -0.2) is 9.37 Å². The lowest BCUT2D eigenvalue weighted by Gasteiger charge is -2.10. The van der Waals surface area contributed by atoms with E-state index < -0.39 is 11.7 Å². The molecule has 3 rings (SSSR count). The normalized spacial score (nSPS) is 11.3. The summed E-state index contributed by atoms with van der Waals surface area (Å²) in [6, 6.07) is 7.93. The Morgan fingerprint density at radius 2 is 1.93 bits per heavy atom. The number of rotatable bonds is 7. The van der Waals surface area contributed by atoms with Crippen molar-refractivity contribution >= 4 is 51.8 Å². The minimum absolute atomic E-state index is 0.0255.